The molecule has 0 aromatic heterocycles. The first kappa shape index (κ1) is 62.6. The van der Waals surface area contributed by atoms with Gasteiger partial charge in [-0.3, -0.25) is 38.6 Å². The van der Waals surface area contributed by atoms with E-state index in [9.17, 15) is 39.0 Å². The Labute approximate surface area is 497 Å². The summed E-state index contributed by atoms with van der Waals surface area (Å²) in [5, 5.41) is 26.9. The van der Waals surface area contributed by atoms with E-state index in [1.807, 2.05) is 50.5 Å². The number of carbonyl (C=O) groups excluding carboxylic acids is 4. The molecule has 24 heteroatoms. The highest BCUT2D eigenvalue weighted by Crippen LogP contribution is 2.41. The second kappa shape index (κ2) is 29.9. The third-order valence-electron chi connectivity index (χ3n) is 14.9. The van der Waals surface area contributed by atoms with Gasteiger partial charge >= 0.3 is 11.9 Å². The average Bonchev–Trinajstić information content (AvgIpc) is 4.05. The van der Waals surface area contributed by atoms with Gasteiger partial charge < -0.3 is 59.4 Å². The number of carboxylic acid groups (broad SMARTS) is 2. The van der Waals surface area contributed by atoms with Crippen LogP contribution in [0.4, 0.5) is 0 Å². The lowest BCUT2D eigenvalue weighted by molar-refractivity contribution is -0.141. The summed E-state index contributed by atoms with van der Waals surface area (Å²) in [4.78, 5) is 86.5. The number of ether oxygens (including phenoxy) is 4. The summed E-state index contributed by atoms with van der Waals surface area (Å²) < 4.78 is 22.7. The average molecular weight is 1210 g/mol. The quantitative estimate of drug-likeness (QED) is 0.0479. The second-order valence-corrected chi connectivity index (χ2v) is 22.7. The van der Waals surface area contributed by atoms with Crippen LogP contribution < -0.4 is 10.6 Å². The highest BCUT2D eigenvalue weighted by atomic mass is 35.5. The first-order valence-corrected chi connectivity index (χ1v) is 28.8. The van der Waals surface area contributed by atoms with Gasteiger partial charge in [0.05, 0.1) is 79.0 Å². The Morgan fingerprint density at radius 2 is 0.927 bits per heavy atom. The Morgan fingerprint density at radius 1 is 0.537 bits per heavy atom. The number of halogens is 4. The Balaban J connectivity index is 0.654. The zero-order valence-corrected chi connectivity index (χ0v) is 49.1. The van der Waals surface area contributed by atoms with E-state index in [1.54, 1.807) is 21.9 Å². The molecule has 4 heterocycles. The van der Waals surface area contributed by atoms with Crippen molar-refractivity contribution in [2.45, 2.75) is 38.0 Å². The van der Waals surface area contributed by atoms with E-state index in [1.165, 1.54) is 9.80 Å². The number of carbonyl (C=O) groups is 6. The first-order chi connectivity index (χ1) is 39.4. The number of nitrogens with one attached hydrogen (secondary N) is 2. The Bertz CT molecular complexity index is 2780. The van der Waals surface area contributed by atoms with Gasteiger partial charge in [-0.1, -0.05) is 70.7 Å². The van der Waals surface area contributed by atoms with Gasteiger partial charge in [-0.2, -0.15) is 0 Å². The number of hydrogen-bond acceptors (Lipinski definition) is 14. The van der Waals surface area contributed by atoms with E-state index in [2.05, 4.69) is 32.6 Å². The number of carboxylic acids is 2. The van der Waals surface area contributed by atoms with Crippen molar-refractivity contribution in [2.24, 2.45) is 0 Å². The molecule has 4 aromatic carbocycles. The Hall–Kier alpha value is -5.46. The van der Waals surface area contributed by atoms with Crippen LogP contribution in [0.5, 0.6) is 0 Å². The summed E-state index contributed by atoms with van der Waals surface area (Å²) in [5.41, 5.74) is 9.59. The highest BCUT2D eigenvalue weighted by Gasteiger charge is 2.34. The third kappa shape index (κ3) is 17.1. The van der Waals surface area contributed by atoms with Gasteiger partial charge in [0, 0.05) is 122 Å². The number of hydrogen-bond donors (Lipinski definition) is 4. The molecule has 4 amide bonds. The first-order valence-electron chi connectivity index (χ1n) is 27.3. The normalized spacial score (nSPS) is 16.9. The lowest BCUT2D eigenvalue weighted by Gasteiger charge is -2.33. The van der Waals surface area contributed by atoms with Crippen molar-refractivity contribution in [3.05, 3.63) is 136 Å². The molecule has 20 nitrogen and oxygen atoms in total. The van der Waals surface area contributed by atoms with Gasteiger partial charge in [-0.05, 0) is 95.0 Å². The van der Waals surface area contributed by atoms with Crippen LogP contribution in [0.2, 0.25) is 20.1 Å². The standard InChI is InChI=1S/C58H70Cl4N8O12/c1-65-29-47(45-23-41(59)25-51(61)49(45)31-65)37-3-5-39-27-69(57(77)43(39)21-37)11-15-81-19-17-79-13-7-63-53(71)33-67(35-55(73)74)9-10-68(36-56(75)76)34-54(72)64-8-14-80-18-20-82-16-12-70-28-40-6-4-38(22-44(40)58(70)78)48-30-66(2)32-50-46(48)24-42(60)26-52(50)62/h3-6,21-26,47-48H,7-20,27-36H2,1-2H3,(H,63,71)(H,64,72)(H,73,74)(H,75,76). The summed E-state index contributed by atoms with van der Waals surface area (Å²) in [6.45, 7) is 5.46. The van der Waals surface area contributed by atoms with Crippen LogP contribution in [0.3, 0.4) is 0 Å². The fourth-order valence-electron chi connectivity index (χ4n) is 10.9. The fourth-order valence-corrected chi connectivity index (χ4v) is 12.1. The molecule has 0 aliphatic carbocycles. The van der Waals surface area contributed by atoms with Crippen LogP contribution in [0.15, 0.2) is 60.7 Å². The molecular weight excluding hydrogens is 1140 g/mol. The minimum atomic E-state index is -1.18. The lowest BCUT2D eigenvalue weighted by atomic mass is 9.84. The molecule has 2 unspecified atom stereocenters. The molecule has 0 radical (unpaired) electrons. The summed E-state index contributed by atoms with van der Waals surface area (Å²) in [6, 6.07) is 19.6. The molecule has 0 saturated heterocycles. The maximum absolute atomic E-state index is 13.4. The second-order valence-electron chi connectivity index (χ2n) is 21.1. The Kier molecular flexibility index (Phi) is 22.8. The topological polar surface area (TPSA) is 223 Å². The maximum atomic E-state index is 13.4. The van der Waals surface area contributed by atoms with Crippen molar-refractivity contribution in [2.75, 3.05) is 145 Å². The van der Waals surface area contributed by atoms with Crippen molar-refractivity contribution >= 4 is 82.0 Å². The molecule has 8 rings (SSSR count). The van der Waals surface area contributed by atoms with Crippen LogP contribution in [-0.2, 0) is 64.3 Å². The van der Waals surface area contributed by atoms with Gasteiger partial charge in [0.15, 0.2) is 0 Å². The minimum absolute atomic E-state index is 0.00802. The van der Waals surface area contributed by atoms with Gasteiger partial charge in [0.2, 0.25) is 11.8 Å². The van der Waals surface area contributed by atoms with E-state index in [4.69, 9.17) is 65.4 Å². The monoisotopic (exact) mass is 1210 g/mol. The molecule has 0 bridgehead atoms. The van der Waals surface area contributed by atoms with Gasteiger partial charge in [0.25, 0.3) is 11.8 Å². The molecule has 4 aliphatic rings. The van der Waals surface area contributed by atoms with Gasteiger partial charge in [-0.15, -0.1) is 0 Å². The molecule has 0 spiro atoms. The number of likely N-dealkylation sites (N-methyl/N-ethyl adjacent to an activating group) is 2. The van der Waals surface area contributed by atoms with Crippen LogP contribution in [0.25, 0.3) is 0 Å². The predicted octanol–water partition coefficient (Wildman–Crippen LogP) is 5.14. The lowest BCUT2D eigenvalue weighted by Crippen LogP contribution is -2.47. The SMILES string of the molecule is CN1Cc2c(Cl)cc(Cl)cc2C(c2ccc3c(c2)C(=O)N(CCOCCOCCNC(=O)CN(CCN(CC(=O)O)CC(=O)NCCOCCOCCN2Cc4ccc(C5CN(C)Cc6c(Cl)cc(Cl)cc65)cc4C2=O)CC(=O)O)C3)C1. The van der Waals surface area contributed by atoms with Crippen LogP contribution in [-0.4, -0.2) is 221 Å². The number of benzene rings is 4. The molecule has 4 aromatic rings. The smallest absolute Gasteiger partial charge is 0.317 e. The maximum Gasteiger partial charge on any atom is 0.317 e. The molecule has 2 atom stereocenters. The molecule has 442 valence electrons. The zero-order valence-electron chi connectivity index (χ0n) is 46.1. The fraction of sp³-hybridized carbons (Fsp3) is 0.483. The van der Waals surface area contributed by atoms with Crippen molar-refractivity contribution < 1.29 is 57.9 Å². The number of amides is 4. The number of aliphatic carboxylic acids is 2. The minimum Gasteiger partial charge on any atom is -0.480 e. The van der Waals surface area contributed by atoms with Crippen molar-refractivity contribution in [1.82, 2.24) is 40.0 Å². The molecule has 82 heavy (non-hydrogen) atoms. The van der Waals surface area contributed by atoms with E-state index < -0.39 is 36.8 Å². The van der Waals surface area contributed by atoms with Crippen LogP contribution in [0, 0.1) is 0 Å². The number of fused-ring (bicyclic) bond motifs is 4. The van der Waals surface area contributed by atoms with Gasteiger partial charge in [-0.25, -0.2) is 0 Å². The molecule has 4 N–H and O–H groups in total. The summed E-state index contributed by atoms with van der Waals surface area (Å²) in [7, 11) is 4.10. The highest BCUT2D eigenvalue weighted by molar-refractivity contribution is 6.36. The molecule has 4 aliphatic heterocycles. The van der Waals surface area contributed by atoms with E-state index in [0.717, 1.165) is 70.7 Å². The van der Waals surface area contributed by atoms with Gasteiger partial charge in [0.1, 0.15) is 0 Å². The van der Waals surface area contributed by atoms with E-state index in [-0.39, 0.29) is 103 Å². The summed E-state index contributed by atoms with van der Waals surface area (Å²) >= 11 is 25.9. The third-order valence-corrected chi connectivity index (χ3v) is 16.0. The molecular formula is C58H70Cl4N8O12. The number of rotatable bonds is 31. The molecule has 0 saturated carbocycles. The Morgan fingerprint density at radius 3 is 1.32 bits per heavy atom. The largest absolute Gasteiger partial charge is 0.480 e. The summed E-state index contributed by atoms with van der Waals surface area (Å²) in [5.74, 6) is -3.35. The van der Waals surface area contributed by atoms with Crippen molar-refractivity contribution in [1.29, 1.82) is 0 Å². The van der Waals surface area contributed by atoms with E-state index in [0.29, 0.717) is 70.6 Å². The van der Waals surface area contributed by atoms with Crippen molar-refractivity contribution in [3.63, 3.8) is 0 Å². The van der Waals surface area contributed by atoms with Crippen molar-refractivity contribution in [3.8, 4) is 0 Å². The zero-order chi connectivity index (χ0) is 58.5. The van der Waals surface area contributed by atoms with Crippen LogP contribution >= 0.6 is 46.4 Å². The summed E-state index contributed by atoms with van der Waals surface area (Å²) in [6.07, 6.45) is 0. The number of nitrogens with zero attached hydrogens (tertiary/aromatic N) is 6. The molecule has 0 fully saturated rings. The van der Waals surface area contributed by atoms with Crippen LogP contribution in [0.1, 0.15) is 77.1 Å². The van der Waals surface area contributed by atoms with E-state index >= 15 is 0 Å². The predicted molar refractivity (Wildman–Crippen MR) is 309 cm³/mol.